The number of nitrogens with one attached hydrogen (secondary N) is 1. The van der Waals surface area contributed by atoms with Gasteiger partial charge in [-0.2, -0.15) is 0 Å². The van der Waals surface area contributed by atoms with E-state index in [9.17, 15) is 10.1 Å². The lowest BCUT2D eigenvalue weighted by atomic mass is 10.2. The number of piperazine rings is 1. The topological polar surface area (TPSA) is 87.4 Å². The van der Waals surface area contributed by atoms with Gasteiger partial charge in [0.05, 0.1) is 4.92 Å². The van der Waals surface area contributed by atoms with E-state index in [0.717, 1.165) is 26.2 Å². The largest absolute Gasteiger partial charge is 0.367 e. The highest BCUT2D eigenvalue weighted by Gasteiger charge is 2.30. The molecule has 2 rings (SSSR count). The van der Waals surface area contributed by atoms with Gasteiger partial charge in [-0.25, -0.2) is 9.97 Å². The zero-order valence-corrected chi connectivity index (χ0v) is 12.0. The first kappa shape index (κ1) is 14.4. The second-order valence-corrected chi connectivity index (χ2v) is 4.83. The lowest BCUT2D eigenvalue weighted by Gasteiger charge is -2.39. The minimum Gasteiger partial charge on any atom is -0.367 e. The Balaban J connectivity index is 2.31. The monoisotopic (exact) mass is 280 g/mol. The molecule has 0 radical (unpaired) electrons. The van der Waals surface area contributed by atoms with Crippen LogP contribution in [0.3, 0.4) is 0 Å². The maximum atomic E-state index is 11.3. The SMILES string of the molecule is CCN1CCN(c2ncnc(NC)c2[N+](=O)[O-])CC1C. The fraction of sp³-hybridized carbons (Fsp3) is 0.667. The Morgan fingerprint density at radius 3 is 2.80 bits per heavy atom. The smallest absolute Gasteiger partial charge is 0.353 e. The zero-order valence-electron chi connectivity index (χ0n) is 12.0. The second kappa shape index (κ2) is 6.00. The highest BCUT2D eigenvalue weighted by Crippen LogP contribution is 2.32. The summed E-state index contributed by atoms with van der Waals surface area (Å²) in [7, 11) is 1.62. The number of hydrogen-bond acceptors (Lipinski definition) is 7. The van der Waals surface area contributed by atoms with Gasteiger partial charge in [0.15, 0.2) is 0 Å². The van der Waals surface area contributed by atoms with Crippen LogP contribution in [0.5, 0.6) is 0 Å². The van der Waals surface area contributed by atoms with E-state index in [1.54, 1.807) is 7.05 Å². The highest BCUT2D eigenvalue weighted by molar-refractivity contribution is 5.70. The van der Waals surface area contributed by atoms with Crippen molar-refractivity contribution < 1.29 is 4.92 Å². The highest BCUT2D eigenvalue weighted by atomic mass is 16.6. The summed E-state index contributed by atoms with van der Waals surface area (Å²) in [5.74, 6) is 0.655. The molecule has 1 aromatic heterocycles. The molecular weight excluding hydrogens is 260 g/mol. The molecule has 8 heteroatoms. The number of anilines is 2. The van der Waals surface area contributed by atoms with E-state index >= 15 is 0 Å². The van der Waals surface area contributed by atoms with Crippen LogP contribution in [0, 0.1) is 10.1 Å². The van der Waals surface area contributed by atoms with E-state index in [1.165, 1.54) is 6.33 Å². The van der Waals surface area contributed by atoms with Gasteiger partial charge in [0.2, 0.25) is 11.6 Å². The van der Waals surface area contributed by atoms with Crippen LogP contribution < -0.4 is 10.2 Å². The van der Waals surface area contributed by atoms with Gasteiger partial charge in [-0.1, -0.05) is 6.92 Å². The van der Waals surface area contributed by atoms with Crippen LogP contribution in [0.1, 0.15) is 13.8 Å². The Morgan fingerprint density at radius 1 is 1.50 bits per heavy atom. The number of nitrogens with zero attached hydrogens (tertiary/aromatic N) is 5. The number of aromatic nitrogens is 2. The van der Waals surface area contributed by atoms with Crippen molar-refractivity contribution in [2.45, 2.75) is 19.9 Å². The number of hydrogen-bond donors (Lipinski definition) is 1. The third kappa shape index (κ3) is 2.64. The summed E-state index contributed by atoms with van der Waals surface area (Å²) in [5.41, 5.74) is -0.0489. The van der Waals surface area contributed by atoms with E-state index in [4.69, 9.17) is 0 Å². The van der Waals surface area contributed by atoms with Crippen molar-refractivity contribution in [2.75, 3.05) is 43.4 Å². The minimum absolute atomic E-state index is 0.0489. The summed E-state index contributed by atoms with van der Waals surface area (Å²) in [6.45, 7) is 7.59. The van der Waals surface area contributed by atoms with Crippen LogP contribution in [-0.2, 0) is 0 Å². The molecule has 1 N–H and O–H groups in total. The predicted molar refractivity (Wildman–Crippen MR) is 77.2 cm³/mol. The maximum absolute atomic E-state index is 11.3. The molecule has 0 spiro atoms. The van der Waals surface area contributed by atoms with Crippen molar-refractivity contribution in [2.24, 2.45) is 0 Å². The lowest BCUT2D eigenvalue weighted by molar-refractivity contribution is -0.383. The fourth-order valence-corrected chi connectivity index (χ4v) is 2.61. The molecule has 0 aliphatic carbocycles. The molecule has 1 unspecified atom stereocenters. The molecule has 1 fully saturated rings. The van der Waals surface area contributed by atoms with Crippen molar-refractivity contribution >= 4 is 17.3 Å². The van der Waals surface area contributed by atoms with Crippen LogP contribution in [0.15, 0.2) is 6.33 Å². The zero-order chi connectivity index (χ0) is 14.7. The van der Waals surface area contributed by atoms with Crippen molar-refractivity contribution in [3.05, 3.63) is 16.4 Å². The minimum atomic E-state index is -0.419. The van der Waals surface area contributed by atoms with E-state index in [1.807, 2.05) is 4.90 Å². The van der Waals surface area contributed by atoms with Crippen LogP contribution in [0.2, 0.25) is 0 Å². The third-order valence-corrected chi connectivity index (χ3v) is 3.69. The van der Waals surface area contributed by atoms with E-state index < -0.39 is 4.92 Å². The van der Waals surface area contributed by atoms with Gasteiger partial charge in [0, 0.05) is 32.7 Å². The average molecular weight is 280 g/mol. The van der Waals surface area contributed by atoms with E-state index in [-0.39, 0.29) is 11.5 Å². The Labute approximate surface area is 118 Å². The first-order chi connectivity index (χ1) is 9.58. The summed E-state index contributed by atoms with van der Waals surface area (Å²) >= 11 is 0. The second-order valence-electron chi connectivity index (χ2n) is 4.83. The molecular formula is C12H20N6O2. The molecule has 0 amide bonds. The number of rotatable bonds is 4. The summed E-state index contributed by atoms with van der Waals surface area (Å²) in [6.07, 6.45) is 1.37. The van der Waals surface area contributed by atoms with Crippen molar-refractivity contribution in [3.8, 4) is 0 Å². The van der Waals surface area contributed by atoms with Gasteiger partial charge in [-0.05, 0) is 13.5 Å². The number of nitro groups is 1. The van der Waals surface area contributed by atoms with E-state index in [0.29, 0.717) is 11.9 Å². The Bertz CT molecular complexity index is 495. The van der Waals surface area contributed by atoms with Crippen molar-refractivity contribution in [1.29, 1.82) is 0 Å². The molecule has 20 heavy (non-hydrogen) atoms. The molecule has 0 saturated carbocycles. The molecule has 1 atom stereocenters. The van der Waals surface area contributed by atoms with Gasteiger partial charge >= 0.3 is 5.69 Å². The van der Waals surface area contributed by atoms with Crippen LogP contribution >= 0.6 is 0 Å². The summed E-state index contributed by atoms with van der Waals surface area (Å²) in [5, 5.41) is 14.1. The molecule has 8 nitrogen and oxygen atoms in total. The van der Waals surface area contributed by atoms with Crippen molar-refractivity contribution in [1.82, 2.24) is 14.9 Å². The van der Waals surface area contributed by atoms with Crippen LogP contribution in [-0.4, -0.2) is 59.1 Å². The maximum Gasteiger partial charge on any atom is 0.353 e. The summed E-state index contributed by atoms with van der Waals surface area (Å²) < 4.78 is 0. The lowest BCUT2D eigenvalue weighted by Crippen LogP contribution is -2.52. The third-order valence-electron chi connectivity index (χ3n) is 3.69. The normalized spacial score (nSPS) is 19.9. The Hall–Kier alpha value is -1.96. The van der Waals surface area contributed by atoms with Crippen LogP contribution in [0.4, 0.5) is 17.3 Å². The molecule has 1 saturated heterocycles. The molecule has 110 valence electrons. The quantitative estimate of drug-likeness (QED) is 0.649. The van der Waals surface area contributed by atoms with Gasteiger partial charge in [-0.3, -0.25) is 15.0 Å². The molecule has 1 aliphatic heterocycles. The molecule has 1 aliphatic rings. The van der Waals surface area contributed by atoms with E-state index in [2.05, 4.69) is 34.0 Å². The number of likely N-dealkylation sites (N-methyl/N-ethyl adjacent to an activating group) is 1. The standard InChI is InChI=1S/C12H20N6O2/c1-4-16-5-6-17(7-9(16)2)12-10(18(19)20)11(13-3)14-8-15-12/h8-9H,4-7H2,1-3H3,(H,13,14,15). The van der Waals surface area contributed by atoms with Crippen molar-refractivity contribution in [3.63, 3.8) is 0 Å². The summed E-state index contributed by atoms with van der Waals surface area (Å²) in [4.78, 5) is 23.3. The average Bonchev–Trinajstić information content (AvgIpc) is 2.46. The first-order valence-electron chi connectivity index (χ1n) is 6.74. The van der Waals surface area contributed by atoms with Gasteiger partial charge in [0.25, 0.3) is 0 Å². The molecule has 0 bridgehead atoms. The van der Waals surface area contributed by atoms with Gasteiger partial charge in [-0.15, -0.1) is 0 Å². The molecule has 1 aromatic rings. The molecule has 0 aromatic carbocycles. The summed E-state index contributed by atoms with van der Waals surface area (Å²) in [6, 6.07) is 0.348. The van der Waals surface area contributed by atoms with Crippen LogP contribution in [0.25, 0.3) is 0 Å². The fourth-order valence-electron chi connectivity index (χ4n) is 2.61. The van der Waals surface area contributed by atoms with Gasteiger partial charge in [0.1, 0.15) is 6.33 Å². The Kier molecular flexibility index (Phi) is 4.33. The Morgan fingerprint density at radius 2 is 2.25 bits per heavy atom. The molecule has 2 heterocycles. The van der Waals surface area contributed by atoms with Gasteiger partial charge < -0.3 is 10.2 Å². The first-order valence-corrected chi connectivity index (χ1v) is 6.74. The predicted octanol–water partition coefficient (Wildman–Crippen LogP) is 0.957.